The van der Waals surface area contributed by atoms with Crippen LogP contribution in [0.3, 0.4) is 0 Å². The van der Waals surface area contributed by atoms with Crippen LogP contribution in [-0.4, -0.2) is 21.5 Å². The van der Waals surface area contributed by atoms with Crippen molar-refractivity contribution >= 4 is 16.9 Å². The molecule has 0 saturated heterocycles. The van der Waals surface area contributed by atoms with Gasteiger partial charge in [0, 0.05) is 17.5 Å². The maximum absolute atomic E-state index is 11.1. The molecule has 0 N–H and O–H groups in total. The molecule has 1 atom stereocenters. The number of amides is 1. The smallest absolute Gasteiger partial charge is 0.262 e. The standard InChI is InChI=1S/C6H9NO2S/c1-4-5(2)10(9)7(3)6(4)8/h1-3H3. The van der Waals surface area contributed by atoms with E-state index in [1.807, 2.05) is 0 Å². The lowest BCUT2D eigenvalue weighted by Gasteiger charge is -2.04. The zero-order chi connectivity index (χ0) is 7.89. The van der Waals surface area contributed by atoms with Crippen molar-refractivity contribution < 1.29 is 9.00 Å². The van der Waals surface area contributed by atoms with Crippen LogP contribution in [0.1, 0.15) is 13.8 Å². The second-order valence-electron chi connectivity index (χ2n) is 2.23. The summed E-state index contributed by atoms with van der Waals surface area (Å²) in [4.78, 5) is 11.7. The van der Waals surface area contributed by atoms with Crippen molar-refractivity contribution in [2.24, 2.45) is 0 Å². The molecular formula is C6H9NO2S. The highest BCUT2D eigenvalue weighted by Gasteiger charge is 2.28. The van der Waals surface area contributed by atoms with Crippen LogP contribution < -0.4 is 0 Å². The molecule has 0 aromatic carbocycles. The maximum Gasteiger partial charge on any atom is 0.262 e. The third kappa shape index (κ3) is 0.794. The lowest BCUT2D eigenvalue weighted by molar-refractivity contribution is -0.121. The molecule has 1 heterocycles. The number of hydrogen-bond donors (Lipinski definition) is 0. The minimum Gasteiger partial charge on any atom is -0.268 e. The third-order valence-electron chi connectivity index (χ3n) is 1.65. The van der Waals surface area contributed by atoms with Gasteiger partial charge in [-0.3, -0.25) is 9.10 Å². The molecule has 1 unspecified atom stereocenters. The molecule has 3 nitrogen and oxygen atoms in total. The van der Waals surface area contributed by atoms with Crippen molar-refractivity contribution in [3.8, 4) is 0 Å². The van der Waals surface area contributed by atoms with E-state index in [1.54, 1.807) is 20.9 Å². The van der Waals surface area contributed by atoms with Crippen LogP contribution in [0, 0.1) is 0 Å². The topological polar surface area (TPSA) is 37.4 Å². The highest BCUT2D eigenvalue weighted by Crippen LogP contribution is 2.20. The fourth-order valence-corrected chi connectivity index (χ4v) is 1.85. The second-order valence-corrected chi connectivity index (χ2v) is 3.89. The van der Waals surface area contributed by atoms with E-state index < -0.39 is 11.0 Å². The monoisotopic (exact) mass is 159 g/mol. The highest BCUT2D eigenvalue weighted by molar-refractivity contribution is 7.87. The fourth-order valence-electron chi connectivity index (χ4n) is 0.798. The van der Waals surface area contributed by atoms with Crippen LogP contribution in [0.4, 0.5) is 0 Å². The molecule has 0 fully saturated rings. The van der Waals surface area contributed by atoms with Gasteiger partial charge in [0.2, 0.25) is 0 Å². The SMILES string of the molecule is CC1=C(C)S(=O)N(C)C1=O. The number of allylic oxidation sites excluding steroid dienone is 1. The van der Waals surface area contributed by atoms with E-state index in [-0.39, 0.29) is 5.91 Å². The number of nitrogens with zero attached hydrogens (tertiary/aromatic N) is 1. The Morgan fingerprint density at radius 2 is 1.90 bits per heavy atom. The summed E-state index contributed by atoms with van der Waals surface area (Å²) in [7, 11) is 0.331. The lowest BCUT2D eigenvalue weighted by atomic mass is 10.3. The molecule has 56 valence electrons. The molecule has 0 aromatic heterocycles. The van der Waals surface area contributed by atoms with Crippen LogP contribution in [0.2, 0.25) is 0 Å². The summed E-state index contributed by atoms with van der Waals surface area (Å²) in [6.07, 6.45) is 0. The van der Waals surface area contributed by atoms with Crippen molar-refractivity contribution in [3.63, 3.8) is 0 Å². The van der Waals surface area contributed by atoms with E-state index in [1.165, 1.54) is 4.31 Å². The van der Waals surface area contributed by atoms with E-state index in [9.17, 15) is 9.00 Å². The van der Waals surface area contributed by atoms with Gasteiger partial charge < -0.3 is 0 Å². The van der Waals surface area contributed by atoms with E-state index in [2.05, 4.69) is 0 Å². The molecular weight excluding hydrogens is 150 g/mol. The minimum atomic E-state index is -1.21. The van der Waals surface area contributed by atoms with Crippen molar-refractivity contribution in [2.45, 2.75) is 13.8 Å². The molecule has 1 aliphatic rings. The van der Waals surface area contributed by atoms with Gasteiger partial charge >= 0.3 is 0 Å². The third-order valence-corrected chi connectivity index (χ3v) is 3.14. The van der Waals surface area contributed by atoms with Gasteiger partial charge in [-0.15, -0.1) is 0 Å². The first kappa shape index (κ1) is 7.47. The zero-order valence-electron chi connectivity index (χ0n) is 6.17. The van der Waals surface area contributed by atoms with Gasteiger partial charge in [0.05, 0.1) is 0 Å². The Hall–Kier alpha value is -0.640. The van der Waals surface area contributed by atoms with Crippen LogP contribution in [-0.2, 0) is 15.8 Å². The predicted octanol–water partition coefficient (Wildman–Crippen LogP) is 0.416. The Kier molecular flexibility index (Phi) is 1.64. The molecule has 0 saturated carbocycles. The molecule has 0 bridgehead atoms. The van der Waals surface area contributed by atoms with E-state index in [0.717, 1.165) is 0 Å². The van der Waals surface area contributed by atoms with Gasteiger partial charge in [-0.05, 0) is 13.8 Å². The number of hydrogen-bond acceptors (Lipinski definition) is 2. The Labute approximate surface area is 62.3 Å². The second kappa shape index (κ2) is 2.20. The Bertz CT molecular complexity index is 220. The van der Waals surface area contributed by atoms with Gasteiger partial charge in [0.15, 0.2) is 11.0 Å². The van der Waals surface area contributed by atoms with E-state index in [4.69, 9.17) is 0 Å². The number of rotatable bonds is 0. The lowest BCUT2D eigenvalue weighted by Crippen LogP contribution is -2.21. The molecule has 0 spiro atoms. The highest BCUT2D eigenvalue weighted by atomic mass is 32.2. The van der Waals surface area contributed by atoms with Gasteiger partial charge in [0.1, 0.15) is 0 Å². The van der Waals surface area contributed by atoms with Crippen LogP contribution in [0.15, 0.2) is 10.5 Å². The quantitative estimate of drug-likeness (QED) is 0.513. The molecule has 1 rings (SSSR count). The molecule has 1 amide bonds. The largest absolute Gasteiger partial charge is 0.268 e. The summed E-state index contributed by atoms with van der Waals surface area (Å²) in [5.74, 6) is -0.129. The fraction of sp³-hybridized carbons (Fsp3) is 0.500. The number of carbonyl (C=O) groups excluding carboxylic acids is 1. The van der Waals surface area contributed by atoms with Gasteiger partial charge in [0.25, 0.3) is 5.91 Å². The number of carbonyl (C=O) groups is 1. The van der Waals surface area contributed by atoms with Gasteiger partial charge in [-0.2, -0.15) is 0 Å². The average molecular weight is 159 g/mol. The van der Waals surface area contributed by atoms with E-state index >= 15 is 0 Å². The Balaban J connectivity index is 3.11. The van der Waals surface area contributed by atoms with Crippen LogP contribution in [0.25, 0.3) is 0 Å². The van der Waals surface area contributed by atoms with Crippen molar-refractivity contribution in [3.05, 3.63) is 10.5 Å². The molecule has 1 aliphatic heterocycles. The minimum absolute atomic E-state index is 0.129. The van der Waals surface area contributed by atoms with Crippen molar-refractivity contribution in [2.75, 3.05) is 7.05 Å². The first-order valence-corrected chi connectivity index (χ1v) is 4.04. The molecule has 10 heavy (non-hydrogen) atoms. The van der Waals surface area contributed by atoms with Crippen LogP contribution >= 0.6 is 0 Å². The molecule has 0 radical (unpaired) electrons. The first-order chi connectivity index (χ1) is 4.55. The van der Waals surface area contributed by atoms with Gasteiger partial charge in [-0.25, -0.2) is 4.21 Å². The predicted molar refractivity (Wildman–Crippen MR) is 39.3 cm³/mol. The van der Waals surface area contributed by atoms with E-state index in [0.29, 0.717) is 10.5 Å². The average Bonchev–Trinajstić information content (AvgIpc) is 2.07. The molecule has 4 heteroatoms. The van der Waals surface area contributed by atoms with Crippen molar-refractivity contribution in [1.82, 2.24) is 4.31 Å². The summed E-state index contributed by atoms with van der Waals surface area (Å²) in [5, 5.41) is 0. The summed E-state index contributed by atoms with van der Waals surface area (Å²) in [6, 6.07) is 0. The van der Waals surface area contributed by atoms with Crippen molar-refractivity contribution in [1.29, 1.82) is 0 Å². The maximum atomic E-state index is 11.1. The summed E-state index contributed by atoms with van der Waals surface area (Å²) in [6.45, 7) is 3.41. The zero-order valence-corrected chi connectivity index (χ0v) is 6.99. The Morgan fingerprint density at radius 1 is 1.40 bits per heavy atom. The number of likely N-dealkylation sites (N-methyl/N-ethyl adjacent to an activating group) is 1. The van der Waals surface area contributed by atoms with Crippen LogP contribution in [0.5, 0.6) is 0 Å². The molecule has 0 aliphatic carbocycles. The Morgan fingerprint density at radius 3 is 2.00 bits per heavy atom. The molecule has 0 aromatic rings. The van der Waals surface area contributed by atoms with Gasteiger partial charge in [-0.1, -0.05) is 0 Å². The first-order valence-electron chi connectivity index (χ1n) is 2.93. The normalized spacial score (nSPS) is 26.5. The summed E-state index contributed by atoms with van der Waals surface area (Å²) < 4.78 is 12.3. The summed E-state index contributed by atoms with van der Waals surface area (Å²) in [5.41, 5.74) is 0.612. The summed E-state index contributed by atoms with van der Waals surface area (Å²) >= 11 is 0.